The third kappa shape index (κ3) is 1.78. The minimum absolute atomic E-state index is 0.668. The number of halogens is 1. The van der Waals surface area contributed by atoms with Crippen molar-refractivity contribution in [1.82, 2.24) is 4.98 Å². The van der Waals surface area contributed by atoms with Crippen molar-refractivity contribution in [2.75, 3.05) is 6.54 Å². The van der Waals surface area contributed by atoms with Gasteiger partial charge in [-0.25, -0.2) is 4.98 Å². The Labute approximate surface area is 72.6 Å². The lowest BCUT2D eigenvalue weighted by atomic mass is 10.3. The Balaban J connectivity index is 2.81. The lowest BCUT2D eigenvalue weighted by Crippen LogP contribution is -2.03. The van der Waals surface area contributed by atoms with Crippen LogP contribution < -0.4 is 5.73 Å². The minimum atomic E-state index is 0.668. The first-order chi connectivity index (χ1) is 4.74. The summed E-state index contributed by atoms with van der Waals surface area (Å²) in [4.78, 5) is 4.29. The molecule has 2 nitrogen and oxygen atoms in total. The van der Waals surface area contributed by atoms with Gasteiger partial charge < -0.3 is 5.73 Å². The van der Waals surface area contributed by atoms with Gasteiger partial charge in [0.1, 0.15) is 0 Å². The molecule has 1 aromatic rings. The highest BCUT2D eigenvalue weighted by atomic mass is 79.9. The Morgan fingerprint density at radius 1 is 1.70 bits per heavy atom. The van der Waals surface area contributed by atoms with Crippen molar-refractivity contribution >= 4 is 27.3 Å². The van der Waals surface area contributed by atoms with Gasteiger partial charge in [0, 0.05) is 6.42 Å². The third-order valence-corrected chi connectivity index (χ3v) is 2.88. The number of hydrogen-bond donors (Lipinski definition) is 1. The van der Waals surface area contributed by atoms with Crippen LogP contribution in [0.25, 0.3) is 0 Å². The van der Waals surface area contributed by atoms with Gasteiger partial charge >= 0.3 is 0 Å². The fourth-order valence-corrected chi connectivity index (χ4v) is 2.41. The molecule has 1 rings (SSSR count). The van der Waals surface area contributed by atoms with Crippen LogP contribution in [0.15, 0.2) is 3.79 Å². The lowest BCUT2D eigenvalue weighted by Gasteiger charge is -1.89. The summed E-state index contributed by atoms with van der Waals surface area (Å²) in [7, 11) is 0. The van der Waals surface area contributed by atoms with Gasteiger partial charge in [0.25, 0.3) is 0 Å². The zero-order valence-electron chi connectivity index (χ0n) is 5.72. The van der Waals surface area contributed by atoms with E-state index in [1.165, 1.54) is 0 Å². The quantitative estimate of drug-likeness (QED) is 0.825. The minimum Gasteiger partial charge on any atom is -0.330 e. The van der Waals surface area contributed by atoms with Crippen LogP contribution in [0.5, 0.6) is 0 Å². The first kappa shape index (κ1) is 8.17. The van der Waals surface area contributed by atoms with Crippen molar-refractivity contribution in [2.45, 2.75) is 13.3 Å². The van der Waals surface area contributed by atoms with E-state index >= 15 is 0 Å². The molecule has 1 aromatic heterocycles. The highest BCUT2D eigenvalue weighted by Gasteiger charge is 2.03. The molecule has 0 amide bonds. The van der Waals surface area contributed by atoms with Gasteiger partial charge in [0.2, 0.25) is 0 Å². The van der Waals surface area contributed by atoms with Crippen LogP contribution >= 0.6 is 27.3 Å². The first-order valence-corrected chi connectivity index (χ1v) is 4.67. The molecule has 0 aromatic carbocycles. The van der Waals surface area contributed by atoms with Crippen molar-refractivity contribution in [3.8, 4) is 0 Å². The molecule has 0 saturated carbocycles. The summed E-state index contributed by atoms with van der Waals surface area (Å²) >= 11 is 5.08. The largest absolute Gasteiger partial charge is 0.330 e. The molecule has 56 valence electrons. The second-order valence-electron chi connectivity index (χ2n) is 1.99. The van der Waals surface area contributed by atoms with E-state index in [-0.39, 0.29) is 0 Å². The maximum atomic E-state index is 5.38. The van der Waals surface area contributed by atoms with Crippen molar-refractivity contribution in [3.05, 3.63) is 14.5 Å². The molecular formula is C6H9BrN2S. The molecule has 0 bridgehead atoms. The monoisotopic (exact) mass is 220 g/mol. The summed E-state index contributed by atoms with van der Waals surface area (Å²) in [5.41, 5.74) is 6.47. The second kappa shape index (κ2) is 3.46. The van der Waals surface area contributed by atoms with Gasteiger partial charge in [-0.1, -0.05) is 0 Å². The Kier molecular flexibility index (Phi) is 2.82. The molecular weight excluding hydrogens is 212 g/mol. The molecule has 0 radical (unpaired) electrons. The predicted molar refractivity (Wildman–Crippen MR) is 47.3 cm³/mol. The Morgan fingerprint density at radius 2 is 2.40 bits per heavy atom. The molecule has 0 unspecified atom stereocenters. The van der Waals surface area contributed by atoms with Gasteiger partial charge in [-0.05, 0) is 29.4 Å². The molecule has 0 spiro atoms. The Morgan fingerprint density at radius 3 is 2.80 bits per heavy atom. The van der Waals surface area contributed by atoms with E-state index in [1.807, 2.05) is 6.92 Å². The first-order valence-electron chi connectivity index (χ1n) is 3.06. The van der Waals surface area contributed by atoms with Crippen LogP contribution in [-0.4, -0.2) is 11.5 Å². The zero-order chi connectivity index (χ0) is 7.56. The van der Waals surface area contributed by atoms with Gasteiger partial charge in [-0.3, -0.25) is 0 Å². The second-order valence-corrected chi connectivity index (χ2v) is 4.51. The highest BCUT2D eigenvalue weighted by Crippen LogP contribution is 2.24. The van der Waals surface area contributed by atoms with Crippen LogP contribution in [-0.2, 0) is 6.42 Å². The molecule has 10 heavy (non-hydrogen) atoms. The summed E-state index contributed by atoms with van der Waals surface area (Å²) in [6.45, 7) is 2.66. The maximum Gasteiger partial charge on any atom is 0.0932 e. The molecule has 1 heterocycles. The van der Waals surface area contributed by atoms with E-state index in [0.29, 0.717) is 6.54 Å². The van der Waals surface area contributed by atoms with Crippen LogP contribution in [0.4, 0.5) is 0 Å². The van der Waals surface area contributed by atoms with Crippen molar-refractivity contribution < 1.29 is 0 Å². The predicted octanol–water partition coefficient (Wildman–Crippen LogP) is 1.72. The summed E-state index contributed by atoms with van der Waals surface area (Å²) in [5.74, 6) is 0. The van der Waals surface area contributed by atoms with E-state index in [4.69, 9.17) is 5.73 Å². The van der Waals surface area contributed by atoms with Gasteiger partial charge in [-0.2, -0.15) is 0 Å². The molecule has 2 N–H and O–H groups in total. The molecule has 0 aliphatic heterocycles. The van der Waals surface area contributed by atoms with E-state index in [9.17, 15) is 0 Å². The van der Waals surface area contributed by atoms with E-state index in [1.54, 1.807) is 11.3 Å². The molecule has 0 aliphatic carbocycles. The van der Waals surface area contributed by atoms with E-state index in [0.717, 1.165) is 20.9 Å². The Hall–Kier alpha value is 0.0700. The average molecular weight is 221 g/mol. The SMILES string of the molecule is Cc1nc(CCN)c(Br)s1. The van der Waals surface area contributed by atoms with Gasteiger partial charge in [0.05, 0.1) is 14.5 Å². The van der Waals surface area contributed by atoms with Crippen LogP contribution in [0, 0.1) is 6.92 Å². The number of rotatable bonds is 2. The number of thiazole rings is 1. The van der Waals surface area contributed by atoms with E-state index < -0.39 is 0 Å². The fourth-order valence-electron chi connectivity index (χ4n) is 0.736. The average Bonchev–Trinajstić information content (AvgIpc) is 2.13. The van der Waals surface area contributed by atoms with Crippen LogP contribution in [0.3, 0.4) is 0 Å². The van der Waals surface area contributed by atoms with Crippen molar-refractivity contribution in [2.24, 2.45) is 5.73 Å². The van der Waals surface area contributed by atoms with Crippen LogP contribution in [0.1, 0.15) is 10.7 Å². The van der Waals surface area contributed by atoms with Gasteiger partial charge in [-0.15, -0.1) is 11.3 Å². The number of nitrogens with zero attached hydrogens (tertiary/aromatic N) is 1. The summed E-state index contributed by atoms with van der Waals surface area (Å²) in [6.07, 6.45) is 0.866. The van der Waals surface area contributed by atoms with Gasteiger partial charge in [0.15, 0.2) is 0 Å². The normalized spacial score (nSPS) is 10.3. The summed E-state index contributed by atoms with van der Waals surface area (Å²) in [6, 6.07) is 0. The topological polar surface area (TPSA) is 38.9 Å². The zero-order valence-corrected chi connectivity index (χ0v) is 8.13. The van der Waals surface area contributed by atoms with Crippen LogP contribution in [0.2, 0.25) is 0 Å². The Bertz CT molecular complexity index is 222. The highest BCUT2D eigenvalue weighted by molar-refractivity contribution is 9.11. The van der Waals surface area contributed by atoms with Crippen molar-refractivity contribution in [1.29, 1.82) is 0 Å². The third-order valence-electron chi connectivity index (χ3n) is 1.14. The summed E-state index contributed by atoms with van der Waals surface area (Å²) in [5, 5.41) is 1.09. The summed E-state index contributed by atoms with van der Waals surface area (Å²) < 4.78 is 1.12. The number of nitrogens with two attached hydrogens (primary N) is 1. The van der Waals surface area contributed by atoms with Crippen molar-refractivity contribution in [3.63, 3.8) is 0 Å². The molecule has 0 fully saturated rings. The molecule has 4 heteroatoms. The molecule has 0 atom stereocenters. The van der Waals surface area contributed by atoms with E-state index in [2.05, 4.69) is 20.9 Å². The molecule has 0 aliphatic rings. The smallest absolute Gasteiger partial charge is 0.0932 e. The standard InChI is InChI=1S/C6H9BrN2S/c1-4-9-5(2-3-8)6(7)10-4/h2-3,8H2,1H3. The number of hydrogen-bond acceptors (Lipinski definition) is 3. The number of aromatic nitrogens is 1. The maximum absolute atomic E-state index is 5.38. The lowest BCUT2D eigenvalue weighted by molar-refractivity contribution is 0.924. The molecule has 0 saturated heterocycles. The fraction of sp³-hybridized carbons (Fsp3) is 0.500. The number of aryl methyl sites for hydroxylation is 1.